The van der Waals surface area contributed by atoms with Crippen molar-refractivity contribution in [3.05, 3.63) is 0 Å². The number of likely N-dealkylation sites (N-methyl/N-ethyl adjacent to an activating group) is 1. The fourth-order valence-corrected chi connectivity index (χ4v) is 4.01. The van der Waals surface area contributed by atoms with Gasteiger partial charge in [-0.25, -0.2) is 4.79 Å². The second-order valence-corrected chi connectivity index (χ2v) is 7.84. The summed E-state index contributed by atoms with van der Waals surface area (Å²) in [5, 5.41) is 0. The van der Waals surface area contributed by atoms with E-state index < -0.39 is 0 Å². The third-order valence-corrected chi connectivity index (χ3v) is 5.98. The summed E-state index contributed by atoms with van der Waals surface area (Å²) in [7, 11) is 1.91. The van der Waals surface area contributed by atoms with Crippen LogP contribution in [0.5, 0.6) is 0 Å². The van der Waals surface area contributed by atoms with Crippen molar-refractivity contribution in [2.24, 2.45) is 0 Å². The van der Waals surface area contributed by atoms with Crippen molar-refractivity contribution in [1.29, 1.82) is 0 Å². The molecule has 2 fully saturated rings. The van der Waals surface area contributed by atoms with Crippen LogP contribution in [0, 0.1) is 0 Å². The topological polar surface area (TPSA) is 30.0 Å². The highest BCUT2D eigenvalue weighted by atomic mass is 16.2. The molecule has 0 aromatic carbocycles. The average molecular weight is 325 g/mol. The summed E-state index contributed by atoms with van der Waals surface area (Å²) in [6.07, 6.45) is 2.20. The number of amides is 2. The molecule has 0 radical (unpaired) electrons. The molecule has 5 heteroatoms. The first-order chi connectivity index (χ1) is 10.8. The van der Waals surface area contributed by atoms with Gasteiger partial charge < -0.3 is 9.80 Å². The Labute approximate surface area is 142 Å². The molecule has 2 rings (SSSR count). The standard InChI is InChI=1S/C18H36N4O/c1-7-22-13-12-21(16(4)5)14-18(22)8-10-20(11-9-18)17(23)19(6)15(2)3/h15-16H,7-14H2,1-6H3. The number of likely N-dealkylation sites (tertiary alicyclic amines) is 1. The van der Waals surface area contributed by atoms with Crippen molar-refractivity contribution in [2.45, 2.75) is 65.1 Å². The van der Waals surface area contributed by atoms with E-state index >= 15 is 0 Å². The van der Waals surface area contributed by atoms with E-state index in [0.717, 1.165) is 45.6 Å². The van der Waals surface area contributed by atoms with Gasteiger partial charge in [0.2, 0.25) is 0 Å². The van der Waals surface area contributed by atoms with E-state index in [4.69, 9.17) is 0 Å². The van der Waals surface area contributed by atoms with Crippen LogP contribution in [0.25, 0.3) is 0 Å². The predicted octanol–water partition coefficient (Wildman–Crippen LogP) is 2.33. The van der Waals surface area contributed by atoms with Crippen molar-refractivity contribution in [3.8, 4) is 0 Å². The first-order valence-corrected chi connectivity index (χ1v) is 9.31. The number of hydrogen-bond donors (Lipinski definition) is 0. The second-order valence-electron chi connectivity index (χ2n) is 7.84. The Morgan fingerprint density at radius 3 is 2.17 bits per heavy atom. The summed E-state index contributed by atoms with van der Waals surface area (Å²) in [5.74, 6) is 0. The van der Waals surface area contributed by atoms with Gasteiger partial charge in [0.15, 0.2) is 0 Å². The van der Waals surface area contributed by atoms with E-state index in [1.807, 2.05) is 16.8 Å². The molecule has 0 aliphatic carbocycles. The molecule has 2 aliphatic rings. The first-order valence-electron chi connectivity index (χ1n) is 9.31. The molecule has 134 valence electrons. The maximum atomic E-state index is 12.6. The molecule has 0 aromatic heterocycles. The lowest BCUT2D eigenvalue weighted by Gasteiger charge is -2.55. The lowest BCUT2D eigenvalue weighted by Crippen LogP contribution is -2.67. The van der Waals surface area contributed by atoms with Crippen LogP contribution in [0.3, 0.4) is 0 Å². The molecular formula is C18H36N4O. The molecular weight excluding hydrogens is 288 g/mol. The molecule has 0 N–H and O–H groups in total. The van der Waals surface area contributed by atoms with E-state index in [-0.39, 0.29) is 17.6 Å². The molecule has 1 spiro atoms. The number of nitrogens with zero attached hydrogens (tertiary/aromatic N) is 4. The normalized spacial score (nSPS) is 23.0. The molecule has 0 unspecified atom stereocenters. The molecule has 0 atom stereocenters. The van der Waals surface area contributed by atoms with Crippen LogP contribution in [0.1, 0.15) is 47.5 Å². The molecule has 2 amide bonds. The van der Waals surface area contributed by atoms with E-state index in [1.54, 1.807) is 0 Å². The van der Waals surface area contributed by atoms with E-state index in [9.17, 15) is 4.79 Å². The molecule has 2 saturated heterocycles. The number of urea groups is 1. The SMILES string of the molecule is CCN1CCN(C(C)C)CC12CCN(C(=O)N(C)C(C)C)CC2. The Balaban J connectivity index is 2.03. The number of carbonyl (C=O) groups excluding carboxylic acids is 1. The summed E-state index contributed by atoms with van der Waals surface area (Å²) >= 11 is 0. The molecule has 2 heterocycles. The van der Waals surface area contributed by atoms with Gasteiger partial charge >= 0.3 is 6.03 Å². The maximum absolute atomic E-state index is 12.6. The number of hydrogen-bond acceptors (Lipinski definition) is 3. The van der Waals surface area contributed by atoms with Crippen molar-refractivity contribution >= 4 is 6.03 Å². The Bertz CT molecular complexity index is 402. The summed E-state index contributed by atoms with van der Waals surface area (Å²) in [6, 6.07) is 1.06. The van der Waals surface area contributed by atoms with Gasteiger partial charge in [0.05, 0.1) is 0 Å². The van der Waals surface area contributed by atoms with E-state index in [1.165, 1.54) is 6.54 Å². The van der Waals surface area contributed by atoms with E-state index in [2.05, 4.69) is 44.4 Å². The molecule has 0 saturated carbocycles. The van der Waals surface area contributed by atoms with Gasteiger partial charge in [0.25, 0.3) is 0 Å². The Morgan fingerprint density at radius 1 is 1.09 bits per heavy atom. The van der Waals surface area contributed by atoms with Gasteiger partial charge in [-0.1, -0.05) is 6.92 Å². The van der Waals surface area contributed by atoms with Gasteiger partial charge in [-0.05, 0) is 47.1 Å². The number of carbonyl (C=O) groups is 1. The number of rotatable bonds is 3. The van der Waals surface area contributed by atoms with Gasteiger partial charge in [0.1, 0.15) is 0 Å². The summed E-state index contributed by atoms with van der Waals surface area (Å²) in [5.41, 5.74) is 0.268. The Hall–Kier alpha value is -0.810. The van der Waals surface area contributed by atoms with Crippen LogP contribution in [0.4, 0.5) is 4.79 Å². The lowest BCUT2D eigenvalue weighted by atomic mass is 9.83. The third-order valence-electron chi connectivity index (χ3n) is 5.98. The zero-order chi connectivity index (χ0) is 17.2. The van der Waals surface area contributed by atoms with Gasteiger partial charge in [0, 0.05) is 57.4 Å². The zero-order valence-corrected chi connectivity index (χ0v) is 16.0. The van der Waals surface area contributed by atoms with Crippen LogP contribution < -0.4 is 0 Å². The van der Waals surface area contributed by atoms with E-state index in [0.29, 0.717) is 6.04 Å². The Morgan fingerprint density at radius 2 is 1.70 bits per heavy atom. The summed E-state index contributed by atoms with van der Waals surface area (Å²) in [4.78, 5) is 21.8. The van der Waals surface area contributed by atoms with Crippen molar-refractivity contribution in [2.75, 3.05) is 46.3 Å². The van der Waals surface area contributed by atoms with Crippen LogP contribution in [0.15, 0.2) is 0 Å². The minimum Gasteiger partial charge on any atom is -0.325 e. The largest absolute Gasteiger partial charge is 0.325 e. The average Bonchev–Trinajstić information content (AvgIpc) is 2.54. The van der Waals surface area contributed by atoms with Crippen LogP contribution in [-0.2, 0) is 0 Å². The fourth-order valence-electron chi connectivity index (χ4n) is 4.01. The monoisotopic (exact) mass is 324 g/mol. The highest BCUT2D eigenvalue weighted by Gasteiger charge is 2.44. The highest BCUT2D eigenvalue weighted by molar-refractivity contribution is 5.74. The second kappa shape index (κ2) is 7.39. The van der Waals surface area contributed by atoms with Crippen molar-refractivity contribution in [3.63, 3.8) is 0 Å². The summed E-state index contributed by atoms with van der Waals surface area (Å²) in [6.45, 7) is 17.4. The van der Waals surface area contributed by atoms with Gasteiger partial charge in [-0.15, -0.1) is 0 Å². The minimum atomic E-state index is 0.189. The van der Waals surface area contributed by atoms with Gasteiger partial charge in [-0.3, -0.25) is 9.80 Å². The Kier molecular flexibility index (Phi) is 5.95. The fraction of sp³-hybridized carbons (Fsp3) is 0.944. The lowest BCUT2D eigenvalue weighted by molar-refractivity contribution is -0.0440. The first kappa shape index (κ1) is 18.5. The predicted molar refractivity (Wildman–Crippen MR) is 95.8 cm³/mol. The van der Waals surface area contributed by atoms with Crippen molar-refractivity contribution in [1.82, 2.24) is 19.6 Å². The van der Waals surface area contributed by atoms with Crippen LogP contribution in [0.2, 0.25) is 0 Å². The molecule has 0 bridgehead atoms. The molecule has 5 nitrogen and oxygen atoms in total. The highest BCUT2D eigenvalue weighted by Crippen LogP contribution is 2.33. The van der Waals surface area contributed by atoms with Gasteiger partial charge in [-0.2, -0.15) is 0 Å². The number of piperazine rings is 1. The third kappa shape index (κ3) is 3.82. The zero-order valence-electron chi connectivity index (χ0n) is 16.0. The van der Waals surface area contributed by atoms with Crippen molar-refractivity contribution < 1.29 is 4.79 Å². The maximum Gasteiger partial charge on any atom is 0.319 e. The van der Waals surface area contributed by atoms with Crippen LogP contribution >= 0.6 is 0 Å². The minimum absolute atomic E-state index is 0.189. The smallest absolute Gasteiger partial charge is 0.319 e. The molecule has 23 heavy (non-hydrogen) atoms. The summed E-state index contributed by atoms with van der Waals surface area (Å²) < 4.78 is 0. The molecule has 0 aromatic rings. The molecule has 2 aliphatic heterocycles. The van der Waals surface area contributed by atoms with Crippen LogP contribution in [-0.4, -0.2) is 89.6 Å². The quantitative estimate of drug-likeness (QED) is 0.798. The number of piperidine rings is 1.